The SMILES string of the molecule is CCc1nc(S[C@H](C)C(=O)Nc2ccc(Cl)cc2)[nH]c(=O)c1C#N. The number of halogens is 1. The molecule has 1 heterocycles. The minimum absolute atomic E-state index is 0.0140. The van der Waals surface area contributed by atoms with Gasteiger partial charge in [0.1, 0.15) is 11.6 Å². The van der Waals surface area contributed by atoms with E-state index in [4.69, 9.17) is 16.9 Å². The van der Waals surface area contributed by atoms with Crippen molar-refractivity contribution >= 4 is 35.0 Å². The van der Waals surface area contributed by atoms with Gasteiger partial charge in [-0.15, -0.1) is 0 Å². The maximum atomic E-state index is 12.2. The number of carbonyl (C=O) groups excluding carboxylic acids is 1. The molecule has 0 aliphatic heterocycles. The Kier molecular flexibility index (Phi) is 6.01. The van der Waals surface area contributed by atoms with Crippen molar-refractivity contribution in [3.8, 4) is 6.07 Å². The molecule has 0 fully saturated rings. The van der Waals surface area contributed by atoms with Crippen molar-refractivity contribution in [1.82, 2.24) is 9.97 Å². The fraction of sp³-hybridized carbons (Fsp3) is 0.250. The predicted molar refractivity (Wildman–Crippen MR) is 94.4 cm³/mol. The summed E-state index contributed by atoms with van der Waals surface area (Å²) < 4.78 is 0. The van der Waals surface area contributed by atoms with Crippen LogP contribution in [0, 0.1) is 11.3 Å². The van der Waals surface area contributed by atoms with Gasteiger partial charge in [0, 0.05) is 10.7 Å². The molecule has 0 bridgehead atoms. The molecular formula is C16H15ClN4O2S. The van der Waals surface area contributed by atoms with Gasteiger partial charge in [-0.25, -0.2) is 4.98 Å². The Hall–Kier alpha value is -2.30. The van der Waals surface area contributed by atoms with Crippen LogP contribution < -0.4 is 10.9 Å². The van der Waals surface area contributed by atoms with Crippen molar-refractivity contribution in [1.29, 1.82) is 5.26 Å². The summed E-state index contributed by atoms with van der Waals surface area (Å²) in [5.74, 6) is -0.229. The van der Waals surface area contributed by atoms with E-state index in [-0.39, 0.29) is 11.5 Å². The highest BCUT2D eigenvalue weighted by Crippen LogP contribution is 2.21. The van der Waals surface area contributed by atoms with Gasteiger partial charge in [-0.2, -0.15) is 5.26 Å². The first-order valence-corrected chi connectivity index (χ1v) is 8.46. The van der Waals surface area contributed by atoms with E-state index >= 15 is 0 Å². The van der Waals surface area contributed by atoms with E-state index in [0.29, 0.717) is 28.0 Å². The summed E-state index contributed by atoms with van der Waals surface area (Å²) in [6.07, 6.45) is 0.464. The number of thioether (sulfide) groups is 1. The first-order chi connectivity index (χ1) is 11.4. The fourth-order valence-corrected chi connectivity index (χ4v) is 2.86. The summed E-state index contributed by atoms with van der Waals surface area (Å²) >= 11 is 6.93. The standard InChI is InChI=1S/C16H15ClN4O2S/c1-3-13-12(8-18)15(23)21-16(20-13)24-9(2)14(22)19-11-6-4-10(17)5-7-11/h4-7,9H,3H2,1-2H3,(H,19,22)(H,20,21,23)/t9-/m1/s1. The molecule has 0 saturated heterocycles. The number of benzene rings is 1. The largest absolute Gasteiger partial charge is 0.325 e. The van der Waals surface area contributed by atoms with Gasteiger partial charge in [-0.05, 0) is 37.6 Å². The van der Waals surface area contributed by atoms with Crippen molar-refractivity contribution in [3.05, 3.63) is 50.9 Å². The Labute approximate surface area is 148 Å². The molecule has 1 atom stereocenters. The van der Waals surface area contributed by atoms with Crippen LogP contribution in [0.15, 0.2) is 34.2 Å². The topological polar surface area (TPSA) is 98.6 Å². The number of H-pyrrole nitrogens is 1. The molecule has 1 aromatic carbocycles. The molecule has 0 aliphatic rings. The molecule has 0 radical (unpaired) electrons. The molecule has 1 amide bonds. The third-order valence-corrected chi connectivity index (χ3v) is 4.42. The van der Waals surface area contributed by atoms with Gasteiger partial charge < -0.3 is 10.3 Å². The first kappa shape index (κ1) is 18.0. The molecule has 0 spiro atoms. The van der Waals surface area contributed by atoms with E-state index in [2.05, 4.69) is 15.3 Å². The number of anilines is 1. The van der Waals surface area contributed by atoms with Crippen LogP contribution in [0.4, 0.5) is 5.69 Å². The minimum Gasteiger partial charge on any atom is -0.325 e. The van der Waals surface area contributed by atoms with Crippen LogP contribution in [0.25, 0.3) is 0 Å². The summed E-state index contributed by atoms with van der Waals surface area (Å²) in [4.78, 5) is 30.9. The van der Waals surface area contributed by atoms with Gasteiger partial charge in [0.25, 0.3) is 5.56 Å². The summed E-state index contributed by atoms with van der Waals surface area (Å²) in [5, 5.41) is 12.2. The highest BCUT2D eigenvalue weighted by Gasteiger charge is 2.18. The van der Waals surface area contributed by atoms with E-state index < -0.39 is 10.8 Å². The number of hydrogen-bond acceptors (Lipinski definition) is 5. The van der Waals surface area contributed by atoms with Gasteiger partial charge in [-0.1, -0.05) is 30.3 Å². The van der Waals surface area contributed by atoms with Crippen LogP contribution in [-0.4, -0.2) is 21.1 Å². The number of hydrogen-bond donors (Lipinski definition) is 2. The Bertz CT molecular complexity index is 843. The number of nitrogens with one attached hydrogen (secondary N) is 2. The second-order valence-corrected chi connectivity index (χ2v) is 6.68. The summed E-state index contributed by atoms with van der Waals surface area (Å²) in [5.41, 5.74) is 0.582. The smallest absolute Gasteiger partial charge is 0.269 e. The molecule has 124 valence electrons. The summed E-state index contributed by atoms with van der Waals surface area (Å²) in [7, 11) is 0. The predicted octanol–water partition coefficient (Wildman–Crippen LogP) is 2.98. The van der Waals surface area contributed by atoms with Gasteiger partial charge in [0.2, 0.25) is 5.91 Å². The molecule has 2 aromatic rings. The molecule has 0 aliphatic carbocycles. The van der Waals surface area contributed by atoms with Crippen LogP contribution in [0.3, 0.4) is 0 Å². The molecule has 8 heteroatoms. The number of carbonyl (C=O) groups is 1. The average molecular weight is 363 g/mol. The zero-order valence-electron chi connectivity index (χ0n) is 13.1. The summed E-state index contributed by atoms with van der Waals surface area (Å²) in [6, 6.07) is 8.62. The molecule has 0 unspecified atom stereocenters. The van der Waals surface area contributed by atoms with Crippen molar-refractivity contribution in [2.45, 2.75) is 30.7 Å². The van der Waals surface area contributed by atoms with Gasteiger partial charge >= 0.3 is 0 Å². The number of rotatable bonds is 5. The third-order valence-electron chi connectivity index (χ3n) is 3.19. The number of amides is 1. The molecule has 2 rings (SSSR count). The monoisotopic (exact) mass is 362 g/mol. The zero-order valence-corrected chi connectivity index (χ0v) is 14.7. The second-order valence-electron chi connectivity index (χ2n) is 4.91. The van der Waals surface area contributed by atoms with E-state index in [0.717, 1.165) is 11.8 Å². The van der Waals surface area contributed by atoms with Gasteiger partial charge in [0.05, 0.1) is 10.9 Å². The highest BCUT2D eigenvalue weighted by atomic mass is 35.5. The van der Waals surface area contributed by atoms with Crippen molar-refractivity contribution in [2.24, 2.45) is 0 Å². The van der Waals surface area contributed by atoms with Crippen molar-refractivity contribution in [2.75, 3.05) is 5.32 Å². The number of nitrogens with zero attached hydrogens (tertiary/aromatic N) is 2. The quantitative estimate of drug-likeness (QED) is 0.629. The average Bonchev–Trinajstić information content (AvgIpc) is 2.56. The second kappa shape index (κ2) is 7.99. The fourth-order valence-electron chi connectivity index (χ4n) is 1.92. The summed E-state index contributed by atoms with van der Waals surface area (Å²) in [6.45, 7) is 3.52. The van der Waals surface area contributed by atoms with Crippen LogP contribution in [0.1, 0.15) is 25.1 Å². The van der Waals surface area contributed by atoms with Crippen molar-refractivity contribution < 1.29 is 4.79 Å². The number of aromatic amines is 1. The first-order valence-electron chi connectivity index (χ1n) is 7.21. The lowest BCUT2D eigenvalue weighted by atomic mass is 10.2. The Morgan fingerprint density at radius 2 is 2.12 bits per heavy atom. The Morgan fingerprint density at radius 1 is 1.46 bits per heavy atom. The third kappa shape index (κ3) is 4.37. The lowest BCUT2D eigenvalue weighted by molar-refractivity contribution is -0.115. The lowest BCUT2D eigenvalue weighted by Gasteiger charge is -2.12. The van der Waals surface area contributed by atoms with Crippen LogP contribution in [-0.2, 0) is 11.2 Å². The van der Waals surface area contributed by atoms with Crippen LogP contribution in [0.2, 0.25) is 5.02 Å². The molecule has 2 N–H and O–H groups in total. The zero-order chi connectivity index (χ0) is 17.7. The molecule has 6 nitrogen and oxygen atoms in total. The van der Waals surface area contributed by atoms with Crippen LogP contribution in [0.5, 0.6) is 0 Å². The minimum atomic E-state index is -0.489. The lowest BCUT2D eigenvalue weighted by Crippen LogP contribution is -2.24. The van der Waals surface area contributed by atoms with Gasteiger partial charge in [0.15, 0.2) is 5.16 Å². The maximum Gasteiger partial charge on any atom is 0.269 e. The molecule has 0 saturated carbocycles. The van der Waals surface area contributed by atoms with Crippen molar-refractivity contribution in [3.63, 3.8) is 0 Å². The highest BCUT2D eigenvalue weighted by molar-refractivity contribution is 8.00. The van der Waals surface area contributed by atoms with Crippen LogP contribution >= 0.6 is 23.4 Å². The normalized spacial score (nSPS) is 11.6. The number of aryl methyl sites for hydroxylation is 1. The maximum absolute atomic E-state index is 12.2. The van der Waals surface area contributed by atoms with Gasteiger partial charge in [-0.3, -0.25) is 9.59 Å². The molecular weight excluding hydrogens is 348 g/mol. The molecule has 1 aromatic heterocycles. The van der Waals surface area contributed by atoms with E-state index in [9.17, 15) is 9.59 Å². The number of aromatic nitrogens is 2. The Balaban J connectivity index is 2.11. The van der Waals surface area contributed by atoms with E-state index in [1.54, 1.807) is 31.2 Å². The van der Waals surface area contributed by atoms with E-state index in [1.807, 2.05) is 13.0 Å². The van der Waals surface area contributed by atoms with E-state index in [1.165, 1.54) is 0 Å². The Morgan fingerprint density at radius 3 is 2.71 bits per heavy atom. The molecule has 24 heavy (non-hydrogen) atoms. The number of nitriles is 1.